The Morgan fingerprint density at radius 3 is 2.76 bits per heavy atom. The molecule has 2 aromatic heterocycles. The fraction of sp³-hybridized carbons (Fsp3) is 0.417. The number of nitrogens with zero attached hydrogens (tertiary/aromatic N) is 2. The van der Waals surface area contributed by atoms with E-state index in [-0.39, 0.29) is 10.9 Å². The van der Waals surface area contributed by atoms with Crippen LogP contribution in [0.1, 0.15) is 17.4 Å². The zero-order valence-corrected chi connectivity index (χ0v) is 13.4. The molecule has 1 atom stereocenters. The van der Waals surface area contributed by atoms with Gasteiger partial charge in [0.05, 0.1) is 10.9 Å². The lowest BCUT2D eigenvalue weighted by Crippen LogP contribution is -2.32. The molecule has 7 nitrogen and oxygen atoms in total. The molecular weight excluding hydrogens is 314 g/mol. The number of nitrogens with one attached hydrogen (secondary N) is 1. The summed E-state index contributed by atoms with van der Waals surface area (Å²) in [7, 11) is -3.38. The Balaban J connectivity index is 2.48. The van der Waals surface area contributed by atoms with Crippen LogP contribution in [0.25, 0.3) is 10.2 Å². The van der Waals surface area contributed by atoms with Crippen molar-refractivity contribution < 1.29 is 18.3 Å². The van der Waals surface area contributed by atoms with E-state index in [2.05, 4.69) is 15.5 Å². The van der Waals surface area contributed by atoms with Crippen LogP contribution >= 0.6 is 11.3 Å². The van der Waals surface area contributed by atoms with Gasteiger partial charge in [0.15, 0.2) is 9.84 Å². The largest absolute Gasteiger partial charge is 0.465 e. The van der Waals surface area contributed by atoms with E-state index in [9.17, 15) is 13.2 Å². The highest BCUT2D eigenvalue weighted by atomic mass is 32.2. The van der Waals surface area contributed by atoms with Crippen molar-refractivity contribution in [2.45, 2.75) is 31.2 Å². The molecule has 21 heavy (non-hydrogen) atoms. The van der Waals surface area contributed by atoms with Crippen molar-refractivity contribution in [3.05, 3.63) is 16.6 Å². The molecule has 0 unspecified atom stereocenters. The lowest BCUT2D eigenvalue weighted by Gasteiger charge is -2.10. The maximum absolute atomic E-state index is 11.8. The Bertz CT molecular complexity index is 798. The molecule has 1 amide bonds. The maximum atomic E-state index is 11.8. The van der Waals surface area contributed by atoms with Gasteiger partial charge in [-0.2, -0.15) is 5.10 Å². The van der Waals surface area contributed by atoms with Crippen LogP contribution in [-0.4, -0.2) is 42.1 Å². The second kappa shape index (κ2) is 5.57. The zero-order valence-electron chi connectivity index (χ0n) is 11.7. The normalized spacial score (nSPS) is 13.3. The number of thiophene rings is 1. The van der Waals surface area contributed by atoms with Crippen molar-refractivity contribution in [3.63, 3.8) is 0 Å². The topological polar surface area (TPSA) is 109 Å². The molecule has 0 spiro atoms. The molecule has 0 aliphatic heterocycles. The van der Waals surface area contributed by atoms with E-state index in [1.165, 1.54) is 17.5 Å². The van der Waals surface area contributed by atoms with E-state index in [0.717, 1.165) is 16.7 Å². The minimum atomic E-state index is -3.38. The molecule has 0 fully saturated rings. The first-order valence-electron chi connectivity index (χ1n) is 6.13. The maximum Gasteiger partial charge on any atom is 0.404 e. The summed E-state index contributed by atoms with van der Waals surface area (Å²) < 4.78 is 24.1. The Morgan fingerprint density at radius 1 is 1.52 bits per heavy atom. The Morgan fingerprint density at radius 2 is 2.19 bits per heavy atom. The molecule has 0 radical (unpaired) electrons. The van der Waals surface area contributed by atoms with Gasteiger partial charge in [-0.15, -0.1) is 16.4 Å². The van der Waals surface area contributed by atoms with Gasteiger partial charge in [0.2, 0.25) is 0 Å². The number of amides is 1. The third kappa shape index (κ3) is 3.30. The van der Waals surface area contributed by atoms with Crippen LogP contribution < -0.4 is 5.32 Å². The van der Waals surface area contributed by atoms with Gasteiger partial charge in [0.1, 0.15) is 10.4 Å². The van der Waals surface area contributed by atoms with Crippen LogP contribution in [0.3, 0.4) is 0 Å². The first-order valence-corrected chi connectivity index (χ1v) is 8.84. The van der Waals surface area contributed by atoms with Crippen molar-refractivity contribution in [2.75, 3.05) is 6.26 Å². The van der Waals surface area contributed by atoms with E-state index >= 15 is 0 Å². The number of fused-ring (bicyclic) bond motifs is 1. The van der Waals surface area contributed by atoms with Crippen LogP contribution in [0.15, 0.2) is 11.1 Å². The summed E-state index contributed by atoms with van der Waals surface area (Å²) in [6, 6.07) is -0.274. The van der Waals surface area contributed by atoms with Gasteiger partial charge < -0.3 is 10.4 Å². The smallest absolute Gasteiger partial charge is 0.404 e. The highest BCUT2D eigenvalue weighted by Gasteiger charge is 2.20. The monoisotopic (exact) mass is 329 g/mol. The predicted octanol–water partition coefficient (Wildman–Crippen LogP) is 1.60. The summed E-state index contributed by atoms with van der Waals surface area (Å²) in [5.74, 6) is 0. The summed E-state index contributed by atoms with van der Waals surface area (Å²) in [5.41, 5.74) is 1.40. The van der Waals surface area contributed by atoms with E-state index in [0.29, 0.717) is 16.6 Å². The summed E-state index contributed by atoms with van der Waals surface area (Å²) in [6.07, 6.45) is 1.77. The molecule has 9 heteroatoms. The number of aryl methyl sites for hydroxylation is 1. The van der Waals surface area contributed by atoms with Crippen molar-refractivity contribution in [1.29, 1.82) is 0 Å². The van der Waals surface area contributed by atoms with Gasteiger partial charge in [0.25, 0.3) is 0 Å². The fourth-order valence-corrected chi connectivity index (χ4v) is 4.56. The molecule has 0 aliphatic rings. The zero-order chi connectivity index (χ0) is 15.8. The Kier molecular flexibility index (Phi) is 4.15. The Labute approximate surface area is 125 Å². The summed E-state index contributed by atoms with van der Waals surface area (Å²) in [4.78, 5) is 11.7. The molecule has 2 heterocycles. The standard InChI is InChI=1S/C12H15N3O4S2/c1-6(14-12(16)17)4-8-7(2)10-11(20-8)9(5-13-15-10)21(3,18)19/h5-6,14H,4H2,1-3H3,(H,16,17)/t6-/m0/s1. The van der Waals surface area contributed by atoms with Crippen molar-refractivity contribution in [1.82, 2.24) is 15.5 Å². The molecule has 0 aliphatic carbocycles. The number of hydrogen-bond acceptors (Lipinski definition) is 6. The lowest BCUT2D eigenvalue weighted by atomic mass is 10.1. The van der Waals surface area contributed by atoms with E-state index < -0.39 is 15.9 Å². The van der Waals surface area contributed by atoms with Crippen LogP contribution in [0, 0.1) is 6.92 Å². The highest BCUT2D eigenvalue weighted by molar-refractivity contribution is 7.91. The highest BCUT2D eigenvalue weighted by Crippen LogP contribution is 2.33. The van der Waals surface area contributed by atoms with Gasteiger partial charge in [-0.3, -0.25) is 0 Å². The van der Waals surface area contributed by atoms with Gasteiger partial charge in [-0.25, -0.2) is 13.2 Å². The van der Waals surface area contributed by atoms with E-state index in [1.54, 1.807) is 6.92 Å². The number of carboxylic acid groups (broad SMARTS) is 1. The van der Waals surface area contributed by atoms with Crippen LogP contribution in [0.2, 0.25) is 0 Å². The second-order valence-corrected chi connectivity index (χ2v) is 7.95. The second-order valence-electron chi connectivity index (χ2n) is 4.86. The quantitative estimate of drug-likeness (QED) is 0.882. The molecule has 114 valence electrons. The molecule has 2 rings (SSSR count). The summed E-state index contributed by atoms with van der Waals surface area (Å²) >= 11 is 1.32. The minimum Gasteiger partial charge on any atom is -0.465 e. The fourth-order valence-electron chi connectivity index (χ4n) is 2.03. The minimum absolute atomic E-state index is 0.158. The molecule has 0 saturated carbocycles. The number of rotatable bonds is 4. The SMILES string of the molecule is Cc1c(C[C@H](C)NC(=O)O)sc2c(S(C)(=O)=O)cnnc12. The van der Waals surface area contributed by atoms with Crippen LogP contribution in [0.4, 0.5) is 4.79 Å². The van der Waals surface area contributed by atoms with Crippen molar-refractivity contribution >= 4 is 37.5 Å². The van der Waals surface area contributed by atoms with Gasteiger partial charge in [0, 0.05) is 23.6 Å². The molecular formula is C12H15N3O4S2. The average Bonchev–Trinajstić information content (AvgIpc) is 2.64. The summed E-state index contributed by atoms with van der Waals surface area (Å²) in [6.45, 7) is 3.59. The molecule has 2 aromatic rings. The molecule has 2 N–H and O–H groups in total. The number of aromatic nitrogens is 2. The van der Waals surface area contributed by atoms with Crippen molar-refractivity contribution in [3.8, 4) is 0 Å². The lowest BCUT2D eigenvalue weighted by molar-refractivity contribution is 0.191. The average molecular weight is 329 g/mol. The van der Waals surface area contributed by atoms with Crippen LogP contribution in [0.5, 0.6) is 0 Å². The first-order chi connectivity index (χ1) is 9.70. The summed E-state index contributed by atoms with van der Waals surface area (Å²) in [5, 5.41) is 18.8. The number of sulfone groups is 1. The van der Waals surface area contributed by atoms with E-state index in [4.69, 9.17) is 5.11 Å². The van der Waals surface area contributed by atoms with Gasteiger partial charge >= 0.3 is 6.09 Å². The van der Waals surface area contributed by atoms with Gasteiger partial charge in [-0.05, 0) is 19.4 Å². The third-order valence-corrected chi connectivity index (χ3v) is 5.61. The molecule has 0 saturated heterocycles. The van der Waals surface area contributed by atoms with Crippen LogP contribution in [-0.2, 0) is 16.3 Å². The van der Waals surface area contributed by atoms with Crippen molar-refractivity contribution in [2.24, 2.45) is 0 Å². The Hall–Kier alpha value is -1.74. The number of carbonyl (C=O) groups is 1. The molecule has 0 bridgehead atoms. The molecule has 0 aromatic carbocycles. The van der Waals surface area contributed by atoms with E-state index in [1.807, 2.05) is 6.92 Å². The first kappa shape index (κ1) is 15.6. The number of hydrogen-bond donors (Lipinski definition) is 2. The van der Waals surface area contributed by atoms with Gasteiger partial charge in [-0.1, -0.05) is 0 Å². The third-order valence-electron chi connectivity index (χ3n) is 3.03. The predicted molar refractivity (Wildman–Crippen MR) is 79.6 cm³/mol.